The number of rotatable bonds is 2. The Morgan fingerprint density at radius 2 is 2.07 bits per heavy atom. The van der Waals surface area contributed by atoms with Gasteiger partial charge in [-0.15, -0.1) is 0 Å². The topological polar surface area (TPSA) is 26.0 Å². The van der Waals surface area contributed by atoms with Crippen LogP contribution in [0, 0.1) is 11.8 Å². The van der Waals surface area contributed by atoms with Gasteiger partial charge in [-0.05, 0) is 35.8 Å². The summed E-state index contributed by atoms with van der Waals surface area (Å²) in [5, 5.41) is 0. The molecule has 0 heterocycles. The minimum atomic E-state index is 0.272. The van der Waals surface area contributed by atoms with Gasteiger partial charge in [-0.1, -0.05) is 38.1 Å². The fraction of sp³-hybridized carbons (Fsp3) is 0.538. The molecule has 0 aliphatic heterocycles. The molecule has 0 bridgehead atoms. The fourth-order valence-electron chi connectivity index (χ4n) is 2.54. The molecule has 0 saturated carbocycles. The van der Waals surface area contributed by atoms with E-state index in [1.54, 1.807) is 0 Å². The Bertz CT molecular complexity index is 317. The number of hydrogen-bond acceptors (Lipinski definition) is 1. The van der Waals surface area contributed by atoms with Crippen LogP contribution in [0.5, 0.6) is 0 Å². The number of fused-ring (bicyclic) bond motifs is 1. The van der Waals surface area contributed by atoms with Gasteiger partial charge in [0.2, 0.25) is 0 Å². The van der Waals surface area contributed by atoms with Crippen LogP contribution in [0.4, 0.5) is 0 Å². The number of hydrogen-bond donors (Lipinski definition) is 1. The average molecular weight is 189 g/mol. The SMILES string of the molecule is CC(C)CC1Cc2ccccc2C1N. The van der Waals surface area contributed by atoms with Gasteiger partial charge in [0.15, 0.2) is 0 Å². The third kappa shape index (κ3) is 1.69. The summed E-state index contributed by atoms with van der Waals surface area (Å²) >= 11 is 0. The van der Waals surface area contributed by atoms with Crippen molar-refractivity contribution in [2.45, 2.75) is 32.7 Å². The first-order valence-electron chi connectivity index (χ1n) is 5.52. The Morgan fingerprint density at radius 1 is 1.36 bits per heavy atom. The average Bonchev–Trinajstić information content (AvgIpc) is 2.44. The van der Waals surface area contributed by atoms with Crippen molar-refractivity contribution in [3.8, 4) is 0 Å². The zero-order valence-electron chi connectivity index (χ0n) is 9.03. The van der Waals surface area contributed by atoms with Gasteiger partial charge in [0, 0.05) is 6.04 Å². The minimum absolute atomic E-state index is 0.272. The molecule has 0 fully saturated rings. The summed E-state index contributed by atoms with van der Waals surface area (Å²) < 4.78 is 0. The Labute approximate surface area is 86.3 Å². The molecule has 0 aromatic heterocycles. The molecule has 1 aliphatic rings. The quantitative estimate of drug-likeness (QED) is 0.760. The molecule has 1 aromatic rings. The molecular formula is C13H19N. The second-order valence-electron chi connectivity index (χ2n) is 4.82. The van der Waals surface area contributed by atoms with E-state index in [0.717, 1.165) is 5.92 Å². The van der Waals surface area contributed by atoms with Crippen molar-refractivity contribution < 1.29 is 0 Å². The highest BCUT2D eigenvalue weighted by Gasteiger charge is 2.29. The summed E-state index contributed by atoms with van der Waals surface area (Å²) in [7, 11) is 0. The summed E-state index contributed by atoms with van der Waals surface area (Å²) in [6, 6.07) is 8.88. The van der Waals surface area contributed by atoms with E-state index in [2.05, 4.69) is 38.1 Å². The van der Waals surface area contributed by atoms with Crippen molar-refractivity contribution in [3.63, 3.8) is 0 Å². The Kier molecular flexibility index (Phi) is 2.60. The van der Waals surface area contributed by atoms with Crippen LogP contribution in [-0.2, 0) is 6.42 Å². The van der Waals surface area contributed by atoms with E-state index < -0.39 is 0 Å². The molecule has 2 N–H and O–H groups in total. The maximum Gasteiger partial charge on any atom is 0.0329 e. The van der Waals surface area contributed by atoms with Gasteiger partial charge in [0.25, 0.3) is 0 Å². The highest BCUT2D eigenvalue weighted by Crippen LogP contribution is 2.37. The number of nitrogens with two attached hydrogens (primary N) is 1. The van der Waals surface area contributed by atoms with E-state index in [0.29, 0.717) is 5.92 Å². The first kappa shape index (κ1) is 9.72. The smallest absolute Gasteiger partial charge is 0.0329 e. The van der Waals surface area contributed by atoms with Crippen LogP contribution in [0.25, 0.3) is 0 Å². The highest BCUT2D eigenvalue weighted by molar-refractivity contribution is 5.35. The maximum absolute atomic E-state index is 6.24. The molecule has 0 saturated heterocycles. The zero-order valence-corrected chi connectivity index (χ0v) is 9.03. The Hall–Kier alpha value is -0.820. The van der Waals surface area contributed by atoms with Crippen molar-refractivity contribution in [1.82, 2.24) is 0 Å². The van der Waals surface area contributed by atoms with Crippen molar-refractivity contribution in [2.24, 2.45) is 17.6 Å². The van der Waals surface area contributed by atoms with Crippen LogP contribution in [0.3, 0.4) is 0 Å². The Morgan fingerprint density at radius 3 is 2.71 bits per heavy atom. The summed E-state index contributed by atoms with van der Waals surface area (Å²) in [5.74, 6) is 1.41. The van der Waals surface area contributed by atoms with E-state index >= 15 is 0 Å². The molecular weight excluding hydrogens is 170 g/mol. The summed E-state index contributed by atoms with van der Waals surface area (Å²) in [6.07, 6.45) is 2.42. The first-order valence-corrected chi connectivity index (χ1v) is 5.52. The Balaban J connectivity index is 2.17. The maximum atomic E-state index is 6.24. The third-order valence-electron chi connectivity index (χ3n) is 3.18. The van der Waals surface area contributed by atoms with Gasteiger partial charge < -0.3 is 5.73 Å². The van der Waals surface area contributed by atoms with E-state index in [1.807, 2.05) is 0 Å². The van der Waals surface area contributed by atoms with Gasteiger partial charge in [-0.3, -0.25) is 0 Å². The molecule has 0 spiro atoms. The molecule has 1 aliphatic carbocycles. The second kappa shape index (κ2) is 3.74. The predicted octanol–water partition coefficient (Wildman–Crippen LogP) is 2.90. The molecule has 1 aromatic carbocycles. The molecule has 2 atom stereocenters. The van der Waals surface area contributed by atoms with Gasteiger partial charge >= 0.3 is 0 Å². The molecule has 0 radical (unpaired) electrons. The van der Waals surface area contributed by atoms with Crippen LogP contribution >= 0.6 is 0 Å². The van der Waals surface area contributed by atoms with Crippen molar-refractivity contribution in [2.75, 3.05) is 0 Å². The van der Waals surface area contributed by atoms with Crippen LogP contribution in [0.2, 0.25) is 0 Å². The lowest BCUT2D eigenvalue weighted by Gasteiger charge is -2.17. The van der Waals surface area contributed by atoms with Crippen molar-refractivity contribution in [1.29, 1.82) is 0 Å². The molecule has 1 heteroatoms. The van der Waals surface area contributed by atoms with Crippen molar-refractivity contribution in [3.05, 3.63) is 35.4 Å². The molecule has 14 heavy (non-hydrogen) atoms. The zero-order chi connectivity index (χ0) is 10.1. The van der Waals surface area contributed by atoms with Gasteiger partial charge in [0.05, 0.1) is 0 Å². The lowest BCUT2D eigenvalue weighted by molar-refractivity contribution is 0.374. The monoisotopic (exact) mass is 189 g/mol. The van der Waals surface area contributed by atoms with E-state index in [9.17, 15) is 0 Å². The standard InChI is InChI=1S/C13H19N/c1-9(2)7-11-8-10-5-3-4-6-12(10)13(11)14/h3-6,9,11,13H,7-8,14H2,1-2H3. The largest absolute Gasteiger partial charge is 0.324 e. The summed E-state index contributed by atoms with van der Waals surface area (Å²) in [6.45, 7) is 4.55. The molecule has 1 nitrogen and oxygen atoms in total. The van der Waals surface area contributed by atoms with Gasteiger partial charge in [-0.25, -0.2) is 0 Å². The predicted molar refractivity (Wildman–Crippen MR) is 60.0 cm³/mol. The first-order chi connectivity index (χ1) is 6.68. The molecule has 76 valence electrons. The highest BCUT2D eigenvalue weighted by atomic mass is 14.7. The summed E-state index contributed by atoms with van der Waals surface area (Å²) in [4.78, 5) is 0. The molecule has 2 unspecified atom stereocenters. The van der Waals surface area contributed by atoms with E-state index in [4.69, 9.17) is 5.73 Å². The minimum Gasteiger partial charge on any atom is -0.324 e. The fourth-order valence-corrected chi connectivity index (χ4v) is 2.54. The van der Waals surface area contributed by atoms with Crippen LogP contribution in [0.1, 0.15) is 37.4 Å². The van der Waals surface area contributed by atoms with Crippen molar-refractivity contribution >= 4 is 0 Å². The third-order valence-corrected chi connectivity index (χ3v) is 3.18. The van der Waals surface area contributed by atoms with E-state index in [-0.39, 0.29) is 6.04 Å². The van der Waals surface area contributed by atoms with E-state index in [1.165, 1.54) is 24.0 Å². The van der Waals surface area contributed by atoms with Crippen LogP contribution in [0.15, 0.2) is 24.3 Å². The van der Waals surface area contributed by atoms with Gasteiger partial charge in [-0.2, -0.15) is 0 Å². The lowest BCUT2D eigenvalue weighted by Crippen LogP contribution is -2.18. The lowest BCUT2D eigenvalue weighted by atomic mass is 9.92. The van der Waals surface area contributed by atoms with Crippen LogP contribution in [-0.4, -0.2) is 0 Å². The normalized spacial score (nSPS) is 25.4. The van der Waals surface area contributed by atoms with Crippen LogP contribution < -0.4 is 5.73 Å². The molecule has 2 rings (SSSR count). The number of benzene rings is 1. The second-order valence-corrected chi connectivity index (χ2v) is 4.82. The summed E-state index contributed by atoms with van der Waals surface area (Å²) in [5.41, 5.74) is 9.08. The molecule has 0 amide bonds. The van der Waals surface area contributed by atoms with Gasteiger partial charge in [0.1, 0.15) is 0 Å².